The van der Waals surface area contributed by atoms with Crippen LogP contribution >= 0.6 is 0 Å². The van der Waals surface area contributed by atoms with Crippen molar-refractivity contribution >= 4 is 0 Å². The van der Waals surface area contributed by atoms with E-state index in [9.17, 15) is 4.79 Å². The predicted octanol–water partition coefficient (Wildman–Crippen LogP) is 5.14. The van der Waals surface area contributed by atoms with Crippen LogP contribution < -0.4 is 10.5 Å². The highest BCUT2D eigenvalue weighted by molar-refractivity contribution is 5.80. The molecule has 0 aliphatic rings. The van der Waals surface area contributed by atoms with Crippen molar-refractivity contribution in [2.45, 2.75) is 46.5 Å². The monoisotopic (exact) mass is 488 g/mol. The highest BCUT2D eigenvalue weighted by atomic mass is 16.5. The zero-order valence-electron chi connectivity index (χ0n) is 21.0. The van der Waals surface area contributed by atoms with Crippen LogP contribution in [0.15, 0.2) is 57.8 Å². The summed E-state index contributed by atoms with van der Waals surface area (Å²) in [6.07, 6.45) is 3.70. The van der Waals surface area contributed by atoms with Gasteiger partial charge in [0.05, 0.1) is 12.3 Å². The van der Waals surface area contributed by atoms with Gasteiger partial charge in [0.25, 0.3) is 0 Å². The third-order valence-electron chi connectivity index (χ3n) is 5.87. The lowest BCUT2D eigenvalue weighted by Crippen LogP contribution is -2.12. The van der Waals surface area contributed by atoms with E-state index in [1.54, 1.807) is 0 Å². The molecule has 0 bridgehead atoms. The van der Waals surface area contributed by atoms with Crippen molar-refractivity contribution in [1.82, 2.24) is 20.1 Å². The summed E-state index contributed by atoms with van der Waals surface area (Å²) in [5.74, 6) is 1.19. The number of aromatic nitrogens is 4. The Morgan fingerprint density at radius 1 is 0.972 bits per heavy atom. The van der Waals surface area contributed by atoms with Crippen molar-refractivity contribution < 1.29 is 14.0 Å². The van der Waals surface area contributed by atoms with Gasteiger partial charge in [0.15, 0.2) is 5.82 Å². The maximum Gasteiger partial charge on any atom is 0.439 e. The highest BCUT2D eigenvalue weighted by Gasteiger charge is 2.16. The Kier molecular flexibility index (Phi) is 8.62. The van der Waals surface area contributed by atoms with E-state index in [1.807, 2.05) is 38.1 Å². The number of rotatable bonds is 12. The molecule has 36 heavy (non-hydrogen) atoms. The zero-order valence-corrected chi connectivity index (χ0v) is 21.0. The largest absolute Gasteiger partial charge is 0.475 e. The van der Waals surface area contributed by atoms with Gasteiger partial charge in [-0.25, -0.2) is 9.78 Å². The minimum atomic E-state index is -0.575. The SMILES string of the molecule is CCCCc1nc(C)nc(OCCOCC)c1Cc1ccc(-c2ccccc2-c2noc(=O)[nH]2)cc1. The van der Waals surface area contributed by atoms with Crippen molar-refractivity contribution in [3.8, 4) is 28.4 Å². The summed E-state index contributed by atoms with van der Waals surface area (Å²) < 4.78 is 16.2. The molecule has 0 saturated heterocycles. The molecule has 4 rings (SSSR count). The second kappa shape index (κ2) is 12.3. The van der Waals surface area contributed by atoms with Crippen LogP contribution in [0.1, 0.15) is 49.3 Å². The maximum atomic E-state index is 11.5. The van der Waals surface area contributed by atoms with E-state index in [2.05, 4.69) is 46.3 Å². The standard InChI is InChI=1S/C28H32N4O4/c1-4-6-11-25-24(27(30-19(3)29-25)35-17-16-34-5-2)18-20-12-14-21(15-13-20)22-9-7-8-10-23(22)26-31-28(33)36-32-26/h7-10,12-15H,4-6,11,16-18H2,1-3H3,(H,31,32,33). The molecule has 4 aromatic rings. The predicted molar refractivity (Wildman–Crippen MR) is 138 cm³/mol. The number of unbranched alkanes of at least 4 members (excludes halogenated alkanes) is 1. The summed E-state index contributed by atoms with van der Waals surface area (Å²) in [6, 6.07) is 16.1. The number of hydrogen-bond acceptors (Lipinski definition) is 7. The molecule has 1 N–H and O–H groups in total. The highest BCUT2D eigenvalue weighted by Crippen LogP contribution is 2.31. The molecule has 2 aromatic carbocycles. The molecule has 0 atom stereocenters. The molecule has 0 aliphatic carbocycles. The van der Waals surface area contributed by atoms with E-state index in [4.69, 9.17) is 19.0 Å². The van der Waals surface area contributed by atoms with Crippen LogP contribution in [0.5, 0.6) is 5.88 Å². The van der Waals surface area contributed by atoms with Crippen LogP contribution in [0.4, 0.5) is 0 Å². The first-order chi connectivity index (χ1) is 17.6. The fraction of sp³-hybridized carbons (Fsp3) is 0.357. The number of benzene rings is 2. The fourth-order valence-electron chi connectivity index (χ4n) is 4.11. The van der Waals surface area contributed by atoms with E-state index in [1.165, 1.54) is 0 Å². The van der Waals surface area contributed by atoms with Crippen molar-refractivity contribution in [3.63, 3.8) is 0 Å². The van der Waals surface area contributed by atoms with Crippen LogP contribution in [-0.2, 0) is 17.6 Å². The van der Waals surface area contributed by atoms with Gasteiger partial charge in [-0.3, -0.25) is 9.51 Å². The van der Waals surface area contributed by atoms with Crippen molar-refractivity contribution in [1.29, 1.82) is 0 Å². The molecule has 2 aromatic heterocycles. The van der Waals surface area contributed by atoms with Crippen LogP contribution in [0.25, 0.3) is 22.5 Å². The summed E-state index contributed by atoms with van der Waals surface area (Å²) in [6.45, 7) is 7.68. The maximum absolute atomic E-state index is 11.5. The normalized spacial score (nSPS) is 11.1. The van der Waals surface area contributed by atoms with Crippen LogP contribution in [-0.4, -0.2) is 39.9 Å². The summed E-state index contributed by atoms with van der Waals surface area (Å²) in [5, 5.41) is 3.85. The van der Waals surface area contributed by atoms with Gasteiger partial charge in [-0.15, -0.1) is 0 Å². The Balaban J connectivity index is 1.61. The van der Waals surface area contributed by atoms with Gasteiger partial charge in [0.2, 0.25) is 5.88 Å². The van der Waals surface area contributed by atoms with E-state index in [0.717, 1.165) is 52.8 Å². The first-order valence-electron chi connectivity index (χ1n) is 12.4. The molecule has 0 aliphatic heterocycles. The molecule has 0 fully saturated rings. The fourth-order valence-corrected chi connectivity index (χ4v) is 4.11. The molecule has 0 unspecified atom stereocenters. The second-order valence-corrected chi connectivity index (χ2v) is 8.51. The van der Waals surface area contributed by atoms with E-state index < -0.39 is 5.76 Å². The summed E-state index contributed by atoms with van der Waals surface area (Å²) in [4.78, 5) is 23.5. The van der Waals surface area contributed by atoms with E-state index in [0.29, 0.717) is 43.8 Å². The molecule has 0 radical (unpaired) electrons. The number of H-pyrrole nitrogens is 1. The number of aryl methyl sites for hydroxylation is 2. The molecule has 188 valence electrons. The Hall–Kier alpha value is -3.78. The first kappa shape index (κ1) is 25.3. The van der Waals surface area contributed by atoms with Gasteiger partial charge >= 0.3 is 5.76 Å². The average Bonchev–Trinajstić information content (AvgIpc) is 3.33. The summed E-state index contributed by atoms with van der Waals surface area (Å²) >= 11 is 0. The van der Waals surface area contributed by atoms with E-state index >= 15 is 0 Å². The summed E-state index contributed by atoms with van der Waals surface area (Å²) in [5.41, 5.74) is 5.97. The molecular formula is C28H32N4O4. The number of aromatic amines is 1. The molecule has 0 amide bonds. The average molecular weight is 489 g/mol. The zero-order chi connectivity index (χ0) is 25.3. The Labute approximate surface area is 210 Å². The van der Waals surface area contributed by atoms with Crippen molar-refractivity contribution in [2.75, 3.05) is 19.8 Å². The Bertz CT molecular complexity index is 1330. The first-order valence-corrected chi connectivity index (χ1v) is 12.4. The number of ether oxygens (including phenoxy) is 2. The van der Waals surface area contributed by atoms with Crippen LogP contribution in [0.3, 0.4) is 0 Å². The molecule has 0 saturated carbocycles. The van der Waals surface area contributed by atoms with Crippen molar-refractivity contribution in [3.05, 3.63) is 81.7 Å². The molecule has 0 spiro atoms. The lowest BCUT2D eigenvalue weighted by atomic mass is 9.96. The van der Waals surface area contributed by atoms with Gasteiger partial charge in [0, 0.05) is 24.2 Å². The molecule has 2 heterocycles. The number of hydrogen-bond donors (Lipinski definition) is 1. The number of nitrogens with zero attached hydrogens (tertiary/aromatic N) is 3. The second-order valence-electron chi connectivity index (χ2n) is 8.51. The van der Waals surface area contributed by atoms with Gasteiger partial charge in [-0.2, -0.15) is 4.98 Å². The van der Waals surface area contributed by atoms with E-state index in [-0.39, 0.29) is 0 Å². The topological polar surface area (TPSA) is 103 Å². The minimum absolute atomic E-state index is 0.408. The molecular weight excluding hydrogens is 456 g/mol. The Morgan fingerprint density at radius 3 is 2.44 bits per heavy atom. The molecule has 8 nitrogen and oxygen atoms in total. The van der Waals surface area contributed by atoms with Crippen molar-refractivity contribution in [2.24, 2.45) is 0 Å². The quantitative estimate of drug-likeness (QED) is 0.275. The Morgan fingerprint density at radius 2 is 1.75 bits per heavy atom. The van der Waals surface area contributed by atoms with Gasteiger partial charge < -0.3 is 9.47 Å². The minimum Gasteiger partial charge on any atom is -0.475 e. The van der Waals surface area contributed by atoms with Gasteiger partial charge in [-0.05, 0) is 43.4 Å². The lowest BCUT2D eigenvalue weighted by molar-refractivity contribution is 0.108. The molecule has 8 heteroatoms. The number of nitrogens with one attached hydrogen (secondary N) is 1. The van der Waals surface area contributed by atoms with Gasteiger partial charge in [-0.1, -0.05) is 67.0 Å². The van der Waals surface area contributed by atoms with Crippen LogP contribution in [0, 0.1) is 6.92 Å². The third kappa shape index (κ3) is 6.26. The lowest BCUT2D eigenvalue weighted by Gasteiger charge is -2.16. The van der Waals surface area contributed by atoms with Gasteiger partial charge in [0.1, 0.15) is 12.4 Å². The smallest absolute Gasteiger partial charge is 0.439 e. The summed E-state index contributed by atoms with van der Waals surface area (Å²) in [7, 11) is 0. The third-order valence-corrected chi connectivity index (χ3v) is 5.87. The van der Waals surface area contributed by atoms with Crippen LogP contribution in [0.2, 0.25) is 0 Å².